The molecule has 1 saturated heterocycles. The second kappa shape index (κ2) is 3.56. The highest BCUT2D eigenvalue weighted by molar-refractivity contribution is 5.73. The van der Waals surface area contributed by atoms with Crippen molar-refractivity contribution in [2.75, 3.05) is 13.1 Å². The molecule has 10 heavy (non-hydrogen) atoms. The Balaban J connectivity index is 2.07. The van der Waals surface area contributed by atoms with E-state index >= 15 is 0 Å². The summed E-state index contributed by atoms with van der Waals surface area (Å²) in [6, 6.07) is 0. The monoisotopic (exact) mass is 142 g/mol. The molecule has 1 amide bonds. The van der Waals surface area contributed by atoms with Gasteiger partial charge in [-0.15, -0.1) is 0 Å². The van der Waals surface area contributed by atoms with E-state index in [1.807, 2.05) is 0 Å². The molecular weight excluding hydrogens is 128 g/mol. The maximum Gasteiger partial charge on any atom is 0.217 e. The van der Waals surface area contributed by atoms with Gasteiger partial charge in [0.2, 0.25) is 5.91 Å². The maximum atomic E-state index is 10.4. The summed E-state index contributed by atoms with van der Waals surface area (Å²) >= 11 is 0. The van der Waals surface area contributed by atoms with E-state index in [4.69, 9.17) is 5.73 Å². The van der Waals surface area contributed by atoms with Crippen LogP contribution in [0.15, 0.2) is 0 Å². The zero-order valence-corrected chi connectivity index (χ0v) is 6.10. The normalized spacial score (nSPS) is 25.0. The van der Waals surface area contributed by atoms with Gasteiger partial charge in [-0.25, -0.2) is 0 Å². The Labute approximate surface area is 61.0 Å². The summed E-state index contributed by atoms with van der Waals surface area (Å²) in [5.74, 6) is 0.513. The number of amides is 1. The fraction of sp³-hybridized carbons (Fsp3) is 0.857. The molecule has 0 aliphatic carbocycles. The Bertz CT molecular complexity index is 119. The van der Waals surface area contributed by atoms with Crippen LogP contribution < -0.4 is 11.1 Å². The highest BCUT2D eigenvalue weighted by atomic mass is 16.1. The Kier molecular flexibility index (Phi) is 2.68. The van der Waals surface area contributed by atoms with Crippen molar-refractivity contribution in [3.63, 3.8) is 0 Å². The molecule has 0 aromatic rings. The highest BCUT2D eigenvalue weighted by Crippen LogP contribution is 2.13. The summed E-state index contributed by atoms with van der Waals surface area (Å²) in [6.07, 6.45) is 2.71. The van der Waals surface area contributed by atoms with E-state index in [-0.39, 0.29) is 5.91 Å². The summed E-state index contributed by atoms with van der Waals surface area (Å²) in [6.45, 7) is 2.16. The van der Waals surface area contributed by atoms with Gasteiger partial charge >= 0.3 is 0 Å². The zero-order valence-electron chi connectivity index (χ0n) is 6.10. The van der Waals surface area contributed by atoms with Gasteiger partial charge in [0.15, 0.2) is 0 Å². The molecule has 0 unspecified atom stereocenters. The van der Waals surface area contributed by atoms with Gasteiger partial charge in [-0.2, -0.15) is 0 Å². The molecule has 0 spiro atoms. The summed E-state index contributed by atoms with van der Waals surface area (Å²) in [7, 11) is 0. The zero-order chi connectivity index (χ0) is 7.40. The van der Waals surface area contributed by atoms with Crippen LogP contribution in [0.1, 0.15) is 19.3 Å². The summed E-state index contributed by atoms with van der Waals surface area (Å²) in [5.41, 5.74) is 5.01. The van der Waals surface area contributed by atoms with Crippen molar-refractivity contribution >= 4 is 5.91 Å². The van der Waals surface area contributed by atoms with Crippen molar-refractivity contribution in [3.05, 3.63) is 0 Å². The minimum Gasteiger partial charge on any atom is -0.370 e. The molecule has 1 aliphatic heterocycles. The number of hydrogen-bond acceptors (Lipinski definition) is 2. The van der Waals surface area contributed by atoms with Gasteiger partial charge in [-0.3, -0.25) is 4.79 Å². The van der Waals surface area contributed by atoms with E-state index in [0.29, 0.717) is 12.3 Å². The van der Waals surface area contributed by atoms with Crippen LogP contribution in [-0.4, -0.2) is 19.0 Å². The average Bonchev–Trinajstić information content (AvgIpc) is 2.34. The molecule has 0 radical (unpaired) electrons. The van der Waals surface area contributed by atoms with E-state index in [1.165, 1.54) is 6.42 Å². The summed E-state index contributed by atoms with van der Waals surface area (Å²) in [4.78, 5) is 10.4. The van der Waals surface area contributed by atoms with Gasteiger partial charge in [0.25, 0.3) is 0 Å². The van der Waals surface area contributed by atoms with Crippen LogP contribution in [0.2, 0.25) is 0 Å². The molecule has 3 nitrogen and oxygen atoms in total. The quantitative estimate of drug-likeness (QED) is 0.576. The first-order valence-corrected chi connectivity index (χ1v) is 3.78. The van der Waals surface area contributed by atoms with E-state index in [0.717, 1.165) is 19.5 Å². The van der Waals surface area contributed by atoms with Crippen LogP contribution >= 0.6 is 0 Å². The highest BCUT2D eigenvalue weighted by Gasteiger charge is 2.14. The molecule has 0 aromatic carbocycles. The van der Waals surface area contributed by atoms with Crippen LogP contribution in [0.4, 0.5) is 0 Å². The molecule has 0 saturated carbocycles. The molecule has 0 aromatic heterocycles. The minimum absolute atomic E-state index is 0.174. The third-order valence-electron chi connectivity index (χ3n) is 1.96. The summed E-state index contributed by atoms with van der Waals surface area (Å²) < 4.78 is 0. The molecule has 1 atom stereocenters. The van der Waals surface area contributed by atoms with Gasteiger partial charge in [0.05, 0.1) is 0 Å². The lowest BCUT2D eigenvalue weighted by atomic mass is 10.0. The van der Waals surface area contributed by atoms with Gasteiger partial charge in [-0.05, 0) is 31.8 Å². The lowest BCUT2D eigenvalue weighted by Gasteiger charge is -2.03. The molecule has 3 N–H and O–H groups in total. The van der Waals surface area contributed by atoms with Gasteiger partial charge in [-0.1, -0.05) is 0 Å². The number of primary amides is 1. The molecule has 1 heterocycles. The van der Waals surface area contributed by atoms with Crippen molar-refractivity contribution in [2.45, 2.75) is 19.3 Å². The number of hydrogen-bond donors (Lipinski definition) is 2. The number of nitrogens with one attached hydrogen (secondary N) is 1. The second-order valence-corrected chi connectivity index (χ2v) is 2.86. The van der Waals surface area contributed by atoms with Crippen LogP contribution in [0.25, 0.3) is 0 Å². The first-order valence-electron chi connectivity index (χ1n) is 3.78. The predicted molar refractivity (Wildman–Crippen MR) is 39.4 cm³/mol. The molecule has 1 aliphatic rings. The first kappa shape index (κ1) is 7.54. The lowest BCUT2D eigenvalue weighted by Crippen LogP contribution is -2.14. The number of nitrogens with two attached hydrogens (primary N) is 1. The van der Waals surface area contributed by atoms with Crippen molar-refractivity contribution < 1.29 is 4.79 Å². The molecule has 1 rings (SSSR count). The van der Waals surface area contributed by atoms with Crippen LogP contribution in [-0.2, 0) is 4.79 Å². The van der Waals surface area contributed by atoms with Crippen molar-refractivity contribution in [2.24, 2.45) is 11.7 Å². The van der Waals surface area contributed by atoms with E-state index in [9.17, 15) is 4.79 Å². The largest absolute Gasteiger partial charge is 0.370 e. The van der Waals surface area contributed by atoms with Gasteiger partial charge in [0, 0.05) is 6.42 Å². The molecule has 58 valence electrons. The van der Waals surface area contributed by atoms with E-state index in [2.05, 4.69) is 5.32 Å². The predicted octanol–water partition coefficient (Wildman–Crippen LogP) is -0.139. The lowest BCUT2D eigenvalue weighted by molar-refractivity contribution is -0.118. The van der Waals surface area contributed by atoms with Crippen LogP contribution in [0, 0.1) is 5.92 Å². The Morgan fingerprint density at radius 2 is 2.50 bits per heavy atom. The summed E-state index contributed by atoms with van der Waals surface area (Å²) in [5, 5.41) is 3.24. The number of carbonyl (C=O) groups is 1. The Morgan fingerprint density at radius 1 is 1.70 bits per heavy atom. The third kappa shape index (κ3) is 2.35. The second-order valence-electron chi connectivity index (χ2n) is 2.86. The fourth-order valence-electron chi connectivity index (χ4n) is 1.31. The van der Waals surface area contributed by atoms with Gasteiger partial charge < -0.3 is 11.1 Å². The number of carbonyl (C=O) groups excluding carboxylic acids is 1. The standard InChI is InChI=1S/C7H14N2O/c8-7(10)2-1-6-3-4-9-5-6/h6,9H,1-5H2,(H2,8,10)/t6-/m1/s1. The average molecular weight is 142 g/mol. The topological polar surface area (TPSA) is 55.1 Å². The van der Waals surface area contributed by atoms with Crippen molar-refractivity contribution in [1.82, 2.24) is 5.32 Å². The molecule has 3 heteroatoms. The molecule has 1 fully saturated rings. The maximum absolute atomic E-state index is 10.4. The Morgan fingerprint density at radius 3 is 3.00 bits per heavy atom. The number of rotatable bonds is 3. The molecule has 0 bridgehead atoms. The SMILES string of the molecule is NC(=O)CC[C@@H]1CCNC1. The van der Waals surface area contributed by atoms with E-state index < -0.39 is 0 Å². The van der Waals surface area contributed by atoms with Crippen molar-refractivity contribution in [3.8, 4) is 0 Å². The van der Waals surface area contributed by atoms with E-state index in [1.54, 1.807) is 0 Å². The van der Waals surface area contributed by atoms with Crippen LogP contribution in [0.3, 0.4) is 0 Å². The smallest absolute Gasteiger partial charge is 0.217 e. The Hall–Kier alpha value is -0.570. The van der Waals surface area contributed by atoms with Crippen LogP contribution in [0.5, 0.6) is 0 Å². The first-order chi connectivity index (χ1) is 4.79. The van der Waals surface area contributed by atoms with Gasteiger partial charge in [0.1, 0.15) is 0 Å². The third-order valence-corrected chi connectivity index (χ3v) is 1.96. The molecular formula is C7H14N2O. The van der Waals surface area contributed by atoms with Crippen molar-refractivity contribution in [1.29, 1.82) is 0 Å². The fourth-order valence-corrected chi connectivity index (χ4v) is 1.31. The minimum atomic E-state index is -0.174.